The Balaban J connectivity index is 1.47. The summed E-state index contributed by atoms with van der Waals surface area (Å²) in [4.78, 5) is 6.24. The predicted octanol–water partition coefficient (Wildman–Crippen LogP) is 8.06. The zero-order chi connectivity index (χ0) is 46.8. The molecule has 30 heteroatoms. The summed E-state index contributed by atoms with van der Waals surface area (Å²) in [6, 6.07) is 14.7. The van der Waals surface area contributed by atoms with E-state index in [4.69, 9.17) is 26.2 Å². The third kappa shape index (κ3) is 13.1. The summed E-state index contributed by atoms with van der Waals surface area (Å²) in [6.07, 6.45) is 1.74. The first-order chi connectivity index (χ1) is 30.2. The fourth-order valence-corrected chi connectivity index (χ4v) is 7.75. The zero-order valence-corrected chi connectivity index (χ0v) is 36.3. The van der Waals surface area contributed by atoms with Crippen LogP contribution in [-0.2, 0) is 48.7 Å². The van der Waals surface area contributed by atoms with E-state index >= 15 is 0 Å². The summed E-state index contributed by atoms with van der Waals surface area (Å²) in [5.74, 6) is -1.51. The van der Waals surface area contributed by atoms with Crippen LogP contribution in [0.15, 0.2) is 129 Å². The molecule has 0 aliphatic heterocycles. The highest BCUT2D eigenvalue weighted by atomic mass is 32.2. The van der Waals surface area contributed by atoms with Gasteiger partial charge in [-0.2, -0.15) is 21.2 Å². The first-order valence-corrected chi connectivity index (χ1v) is 23.1. The van der Waals surface area contributed by atoms with E-state index in [1.54, 1.807) is 0 Å². The van der Waals surface area contributed by atoms with Crippen molar-refractivity contribution in [2.75, 3.05) is 36.9 Å². The number of hydrogen-bond donors (Lipinski definition) is 6. The number of ether oxygens (including phenoxy) is 2. The van der Waals surface area contributed by atoms with Crippen molar-refractivity contribution < 1.29 is 76.5 Å². The topological polar surface area (TPSA) is 344 Å². The van der Waals surface area contributed by atoms with Crippen molar-refractivity contribution in [3.63, 3.8) is 0 Å². The highest BCUT2D eigenvalue weighted by Crippen LogP contribution is 2.44. The second-order valence-corrected chi connectivity index (χ2v) is 18.3. The molecule has 8 N–H and O–H groups in total. The number of nitrogen functional groups attached to an aromatic ring is 2. The Kier molecular flexibility index (Phi) is 16.3. The van der Waals surface area contributed by atoms with Crippen LogP contribution >= 0.6 is 24.1 Å². The third-order valence-electron chi connectivity index (χ3n) is 7.76. The summed E-state index contributed by atoms with van der Waals surface area (Å²) in [5, 5.41) is 30.9. The van der Waals surface area contributed by atoms with Crippen molar-refractivity contribution in [1.82, 2.24) is 0 Å². The van der Waals surface area contributed by atoms with E-state index < -0.39 is 84.8 Å². The predicted molar refractivity (Wildman–Crippen MR) is 225 cm³/mol. The Morgan fingerprint density at radius 1 is 0.703 bits per heavy atom. The van der Waals surface area contributed by atoms with E-state index in [2.05, 4.69) is 49.4 Å². The average molecular weight is 989 g/mol. The number of azo groups is 2. The lowest BCUT2D eigenvalue weighted by molar-refractivity contribution is -0.432. The number of benzene rings is 5. The van der Waals surface area contributed by atoms with Gasteiger partial charge < -0.3 is 26.3 Å². The van der Waals surface area contributed by atoms with E-state index in [1.807, 2.05) is 0 Å². The highest BCUT2D eigenvalue weighted by molar-refractivity contribution is 7.95. The molecule has 64 heavy (non-hydrogen) atoms. The molecule has 23 nitrogen and oxygen atoms in total. The minimum Gasteiger partial charge on any atom is -0.473 e. The Morgan fingerprint density at radius 2 is 1.38 bits per heavy atom. The monoisotopic (exact) mass is 988 g/mol. The average Bonchev–Trinajstić information content (AvgIpc) is 3.22. The normalized spacial score (nSPS) is 12.4. The Hall–Kier alpha value is -5.90. The quantitative estimate of drug-likeness (QED) is 0.00494. The van der Waals surface area contributed by atoms with Crippen molar-refractivity contribution in [3.05, 3.63) is 90.5 Å². The van der Waals surface area contributed by atoms with Gasteiger partial charge in [0.25, 0.3) is 20.2 Å². The minimum atomic E-state index is -5.15. The molecule has 0 amide bonds. The molecule has 5 aromatic rings. The molecule has 0 spiro atoms. The van der Waals surface area contributed by atoms with E-state index in [0.717, 1.165) is 49.1 Å². The number of anilines is 3. The lowest BCUT2D eigenvalue weighted by atomic mass is 10.2. The molecule has 0 aromatic heterocycles. The Bertz CT molecular complexity index is 2980. The summed E-state index contributed by atoms with van der Waals surface area (Å²) >= 11 is 1.00. The molecular weight excluding hydrogens is 959 g/mol. The van der Waals surface area contributed by atoms with Crippen molar-refractivity contribution in [3.8, 4) is 11.5 Å². The Morgan fingerprint density at radius 3 is 2.06 bits per heavy atom. The number of halogens is 2. The van der Waals surface area contributed by atoms with Gasteiger partial charge in [0.05, 0.1) is 58.0 Å². The van der Waals surface area contributed by atoms with E-state index in [9.17, 15) is 43.1 Å². The molecule has 340 valence electrons. The van der Waals surface area contributed by atoms with E-state index in [-0.39, 0.29) is 45.1 Å². The van der Waals surface area contributed by atoms with Crippen molar-refractivity contribution in [2.24, 2.45) is 25.4 Å². The first-order valence-electron chi connectivity index (χ1n) is 16.8. The second-order valence-electron chi connectivity index (χ2n) is 12.1. The maximum atomic E-state index is 14.0. The summed E-state index contributed by atoms with van der Waals surface area (Å²) in [6.45, 7) is -0.302. The van der Waals surface area contributed by atoms with Crippen molar-refractivity contribution >= 4 is 106 Å². The number of nitrogens with zero attached hydrogens (tertiary/aromatic N) is 5. The van der Waals surface area contributed by atoms with Gasteiger partial charge >= 0.3 is 0 Å². The van der Waals surface area contributed by atoms with Gasteiger partial charge in [0.15, 0.2) is 23.0 Å². The molecule has 0 unspecified atom stereocenters. The number of nitrogens with one attached hydrogen (secondary N) is 1. The van der Waals surface area contributed by atoms with Gasteiger partial charge in [0.2, 0.25) is 0 Å². The number of sulfone groups is 1. The number of rotatable bonds is 20. The van der Waals surface area contributed by atoms with Gasteiger partial charge in [0.1, 0.15) is 60.6 Å². The molecule has 5 aromatic carbocycles. The van der Waals surface area contributed by atoms with Gasteiger partial charge in [-0.3, -0.25) is 9.11 Å². The summed E-state index contributed by atoms with van der Waals surface area (Å²) < 4.78 is 141. The molecule has 0 saturated heterocycles. The standard InChI is InChI=1S/C34H30F2N8O15S5/c1-54-58-61-28-13-20(5-7-22(28)35)55-16-40-19-4-10-29(63(48,49)50)25(12-19)42-43-26-15-31(64(51,52)53)33(38)34(32(26)37)44-41-24-11-18(3-9-27(24)60-59-57-45)39-17-56-21-6-8-23(36)30(14-21)62(2,46)47/h3-16,39,45H,17,37-38H2,1-2H3,(H,48,49,50)(H,51,52,53). The van der Waals surface area contributed by atoms with Crippen molar-refractivity contribution in [1.29, 1.82) is 0 Å². The summed E-state index contributed by atoms with van der Waals surface area (Å²) in [7, 11) is -12.8. The minimum absolute atomic E-state index is 0.000149. The van der Waals surface area contributed by atoms with Crippen LogP contribution in [0.5, 0.6) is 11.5 Å². The fourth-order valence-electron chi connectivity index (χ4n) is 4.89. The molecular formula is C34H30F2N8O15S5. The molecule has 0 heterocycles. The number of aliphatic imine (C=N–C) groups is 1. The van der Waals surface area contributed by atoms with Gasteiger partial charge in [-0.25, -0.2) is 32.3 Å². The number of nitrogens with two attached hydrogens (primary N) is 2. The largest absolute Gasteiger partial charge is 0.473 e. The lowest BCUT2D eigenvalue weighted by Gasteiger charge is -2.12. The SMILES string of the molecule is COOSc1cc(OC=Nc2ccc(S(=O)(=O)O)c(N=Nc3cc(S(=O)(=O)O)c(N)c(N=Nc4cc(NCOc5ccc(F)c(S(C)(=O)=O)c5)ccc4SOOO)c3N)c2)ccc1F. The molecule has 0 saturated carbocycles. The van der Waals surface area contributed by atoms with Crippen LogP contribution in [-0.4, -0.2) is 66.1 Å². The highest BCUT2D eigenvalue weighted by Gasteiger charge is 2.24. The van der Waals surface area contributed by atoms with E-state index in [1.165, 1.54) is 43.5 Å². The van der Waals surface area contributed by atoms with E-state index in [0.29, 0.717) is 30.2 Å². The Labute approximate surface area is 369 Å². The lowest BCUT2D eigenvalue weighted by Crippen LogP contribution is -2.09. The maximum Gasteiger partial charge on any atom is 0.296 e. The maximum absolute atomic E-state index is 14.0. The van der Waals surface area contributed by atoms with Gasteiger partial charge in [-0.05, 0) is 72.8 Å². The van der Waals surface area contributed by atoms with Crippen LogP contribution in [0.2, 0.25) is 0 Å². The fraction of sp³-hybridized carbons (Fsp3) is 0.0882. The molecule has 5 rings (SSSR count). The van der Waals surface area contributed by atoms with Gasteiger partial charge in [0, 0.05) is 18.0 Å². The molecule has 0 aliphatic carbocycles. The molecule has 0 radical (unpaired) electrons. The molecule has 0 bridgehead atoms. The van der Waals surface area contributed by atoms with Gasteiger partial charge in [-0.1, -0.05) is 5.04 Å². The smallest absolute Gasteiger partial charge is 0.296 e. The van der Waals surface area contributed by atoms with Crippen LogP contribution < -0.4 is 26.3 Å². The van der Waals surface area contributed by atoms with Crippen LogP contribution in [0.25, 0.3) is 0 Å². The van der Waals surface area contributed by atoms with Crippen LogP contribution in [0.1, 0.15) is 0 Å². The third-order valence-corrected chi connectivity index (χ3v) is 12.0. The van der Waals surface area contributed by atoms with Crippen molar-refractivity contribution in [2.45, 2.75) is 24.5 Å². The second kappa shape index (κ2) is 21.2. The first kappa shape index (κ1) is 49.1. The zero-order valence-electron chi connectivity index (χ0n) is 32.2. The number of hydrogen-bond acceptors (Lipinski definition) is 23. The van der Waals surface area contributed by atoms with Crippen LogP contribution in [0.4, 0.5) is 54.3 Å². The molecule has 0 aliphatic rings. The van der Waals surface area contributed by atoms with Crippen LogP contribution in [0, 0.1) is 11.6 Å². The van der Waals surface area contributed by atoms with Gasteiger partial charge in [-0.15, -0.1) is 24.8 Å². The molecule has 0 fully saturated rings. The summed E-state index contributed by atoms with van der Waals surface area (Å²) in [5.41, 5.74) is 9.54. The molecule has 0 atom stereocenters. The van der Waals surface area contributed by atoms with Crippen LogP contribution in [0.3, 0.4) is 0 Å².